The van der Waals surface area contributed by atoms with E-state index < -0.39 is 9.84 Å². The van der Waals surface area contributed by atoms with Crippen molar-refractivity contribution in [1.29, 1.82) is 0 Å². The molecule has 8 heteroatoms. The summed E-state index contributed by atoms with van der Waals surface area (Å²) in [6.45, 7) is 2.86. The van der Waals surface area contributed by atoms with Gasteiger partial charge in [0.05, 0.1) is 4.90 Å². The van der Waals surface area contributed by atoms with Crippen LogP contribution in [0.2, 0.25) is 0 Å². The van der Waals surface area contributed by atoms with E-state index in [2.05, 4.69) is 20.9 Å². The van der Waals surface area contributed by atoms with E-state index in [-0.39, 0.29) is 5.91 Å². The molecule has 0 spiro atoms. The van der Waals surface area contributed by atoms with Crippen LogP contribution >= 0.6 is 0 Å². The SMILES string of the molecule is CN=C(NCc1ccc(C(=O)NC)cc1)NCc1ccc(S(C)(=O)=O)c(C)c1. The van der Waals surface area contributed by atoms with Crippen LogP contribution in [0.15, 0.2) is 52.4 Å². The number of benzene rings is 2. The van der Waals surface area contributed by atoms with Gasteiger partial charge >= 0.3 is 0 Å². The molecule has 0 heterocycles. The highest BCUT2D eigenvalue weighted by molar-refractivity contribution is 7.90. The minimum absolute atomic E-state index is 0.117. The molecule has 0 radical (unpaired) electrons. The van der Waals surface area contributed by atoms with E-state index in [0.29, 0.717) is 29.5 Å². The Hall–Kier alpha value is -2.87. The molecule has 0 aliphatic heterocycles. The molecular formula is C20H26N4O3S. The van der Waals surface area contributed by atoms with Crippen LogP contribution in [0.3, 0.4) is 0 Å². The van der Waals surface area contributed by atoms with Crippen molar-refractivity contribution in [3.8, 4) is 0 Å². The molecule has 7 nitrogen and oxygen atoms in total. The van der Waals surface area contributed by atoms with E-state index in [1.54, 1.807) is 45.3 Å². The number of guanidine groups is 1. The molecule has 0 saturated heterocycles. The van der Waals surface area contributed by atoms with Crippen molar-refractivity contribution in [2.75, 3.05) is 20.4 Å². The zero-order chi connectivity index (χ0) is 20.7. The number of aryl methyl sites for hydroxylation is 1. The standard InChI is InChI=1S/C20H26N4O3S/c1-14-11-16(7-10-18(14)28(4,26)27)13-24-20(22-3)23-12-15-5-8-17(9-6-15)19(25)21-2/h5-11H,12-13H2,1-4H3,(H,21,25)(H2,22,23,24). The molecule has 0 atom stereocenters. The monoisotopic (exact) mass is 402 g/mol. The van der Waals surface area contributed by atoms with E-state index in [4.69, 9.17) is 0 Å². The van der Waals surface area contributed by atoms with E-state index >= 15 is 0 Å². The molecular weight excluding hydrogens is 376 g/mol. The highest BCUT2D eigenvalue weighted by atomic mass is 32.2. The smallest absolute Gasteiger partial charge is 0.251 e. The van der Waals surface area contributed by atoms with Gasteiger partial charge in [-0.2, -0.15) is 0 Å². The van der Waals surface area contributed by atoms with E-state index in [0.717, 1.165) is 16.7 Å². The Morgan fingerprint density at radius 1 is 1.00 bits per heavy atom. The second-order valence-electron chi connectivity index (χ2n) is 6.43. The van der Waals surface area contributed by atoms with Crippen LogP contribution in [0.5, 0.6) is 0 Å². The average Bonchev–Trinajstić information content (AvgIpc) is 2.67. The summed E-state index contributed by atoms with van der Waals surface area (Å²) in [6.07, 6.45) is 1.21. The molecule has 2 aromatic rings. The van der Waals surface area contributed by atoms with Crippen molar-refractivity contribution < 1.29 is 13.2 Å². The first-order valence-corrected chi connectivity index (χ1v) is 10.7. The van der Waals surface area contributed by atoms with Gasteiger partial charge in [0.25, 0.3) is 5.91 Å². The number of amides is 1. The summed E-state index contributed by atoms with van der Waals surface area (Å²) in [4.78, 5) is 16.1. The third kappa shape index (κ3) is 5.82. The Labute approximate surface area is 166 Å². The average molecular weight is 403 g/mol. The molecule has 1 amide bonds. The Kier molecular flexibility index (Phi) is 7.17. The van der Waals surface area contributed by atoms with Crippen molar-refractivity contribution in [1.82, 2.24) is 16.0 Å². The van der Waals surface area contributed by atoms with Crippen molar-refractivity contribution >= 4 is 21.7 Å². The minimum atomic E-state index is -3.22. The van der Waals surface area contributed by atoms with Crippen LogP contribution in [-0.2, 0) is 22.9 Å². The maximum atomic E-state index is 11.7. The van der Waals surface area contributed by atoms with Gasteiger partial charge in [-0.15, -0.1) is 0 Å². The van der Waals surface area contributed by atoms with Crippen molar-refractivity contribution in [3.05, 3.63) is 64.7 Å². The van der Waals surface area contributed by atoms with Crippen molar-refractivity contribution in [2.24, 2.45) is 4.99 Å². The predicted octanol–water partition coefficient (Wildman–Crippen LogP) is 1.62. The molecule has 0 unspecified atom stereocenters. The van der Waals surface area contributed by atoms with Crippen molar-refractivity contribution in [3.63, 3.8) is 0 Å². The molecule has 150 valence electrons. The fourth-order valence-corrected chi connectivity index (χ4v) is 3.71. The molecule has 28 heavy (non-hydrogen) atoms. The van der Waals surface area contributed by atoms with Gasteiger partial charge in [0.15, 0.2) is 15.8 Å². The summed E-state index contributed by atoms with van der Waals surface area (Å²) in [5.74, 6) is 0.509. The lowest BCUT2D eigenvalue weighted by atomic mass is 10.1. The van der Waals surface area contributed by atoms with Crippen LogP contribution in [0.4, 0.5) is 0 Å². The lowest BCUT2D eigenvalue weighted by Gasteiger charge is -2.13. The lowest BCUT2D eigenvalue weighted by Crippen LogP contribution is -2.36. The largest absolute Gasteiger partial charge is 0.355 e. The first-order chi connectivity index (χ1) is 13.2. The number of carbonyl (C=O) groups is 1. The normalized spacial score (nSPS) is 11.8. The summed E-state index contributed by atoms with van der Waals surface area (Å²) in [6, 6.07) is 12.6. The number of hydrogen-bond acceptors (Lipinski definition) is 4. The first-order valence-electron chi connectivity index (χ1n) is 8.79. The number of hydrogen-bond donors (Lipinski definition) is 3. The number of aliphatic imine (C=N–C) groups is 1. The van der Waals surface area contributed by atoms with E-state index in [9.17, 15) is 13.2 Å². The van der Waals surface area contributed by atoms with Gasteiger partial charge in [0.1, 0.15) is 0 Å². The molecule has 2 aromatic carbocycles. The maximum Gasteiger partial charge on any atom is 0.251 e. The lowest BCUT2D eigenvalue weighted by molar-refractivity contribution is 0.0963. The summed E-state index contributed by atoms with van der Waals surface area (Å²) in [7, 11) is 0.0662. The third-order valence-electron chi connectivity index (χ3n) is 4.23. The zero-order valence-corrected chi connectivity index (χ0v) is 17.4. The van der Waals surface area contributed by atoms with Gasteiger partial charge in [0, 0.05) is 39.0 Å². The van der Waals surface area contributed by atoms with Gasteiger partial charge in [0.2, 0.25) is 0 Å². The predicted molar refractivity (Wildman–Crippen MR) is 111 cm³/mol. The minimum Gasteiger partial charge on any atom is -0.355 e. The van der Waals surface area contributed by atoms with Crippen molar-refractivity contribution in [2.45, 2.75) is 24.9 Å². The van der Waals surface area contributed by atoms with Crippen LogP contribution in [0.25, 0.3) is 0 Å². The Morgan fingerprint density at radius 3 is 2.07 bits per heavy atom. The van der Waals surface area contributed by atoms with E-state index in [1.165, 1.54) is 6.26 Å². The summed E-state index contributed by atoms with van der Waals surface area (Å²) in [5, 5.41) is 9.01. The Morgan fingerprint density at radius 2 is 1.57 bits per heavy atom. The number of nitrogens with one attached hydrogen (secondary N) is 3. The first kappa shape index (κ1) is 21.4. The summed E-state index contributed by atoms with van der Waals surface area (Å²) >= 11 is 0. The van der Waals surface area contributed by atoms with Crippen LogP contribution < -0.4 is 16.0 Å². The highest BCUT2D eigenvalue weighted by Gasteiger charge is 2.11. The number of carbonyl (C=O) groups excluding carboxylic acids is 1. The topological polar surface area (TPSA) is 99.7 Å². The molecule has 0 bridgehead atoms. The molecule has 0 saturated carbocycles. The zero-order valence-electron chi connectivity index (χ0n) is 16.5. The molecule has 0 aliphatic rings. The molecule has 2 rings (SSSR count). The molecule has 3 N–H and O–H groups in total. The van der Waals surface area contributed by atoms with Gasteiger partial charge in [-0.3, -0.25) is 9.79 Å². The van der Waals surface area contributed by atoms with Gasteiger partial charge in [-0.05, 0) is 41.8 Å². The summed E-state index contributed by atoms with van der Waals surface area (Å²) in [5.41, 5.74) is 3.31. The van der Waals surface area contributed by atoms with Gasteiger partial charge in [-0.1, -0.05) is 24.3 Å². The molecule has 0 fully saturated rings. The quantitative estimate of drug-likeness (QED) is 0.504. The van der Waals surface area contributed by atoms with Crippen LogP contribution in [0, 0.1) is 6.92 Å². The van der Waals surface area contributed by atoms with Crippen LogP contribution in [-0.4, -0.2) is 40.6 Å². The van der Waals surface area contributed by atoms with Gasteiger partial charge < -0.3 is 16.0 Å². The van der Waals surface area contributed by atoms with Crippen LogP contribution in [0.1, 0.15) is 27.0 Å². The number of rotatable bonds is 6. The fourth-order valence-electron chi connectivity index (χ4n) is 2.75. The maximum absolute atomic E-state index is 11.7. The molecule has 0 aromatic heterocycles. The third-order valence-corrected chi connectivity index (χ3v) is 5.48. The second-order valence-corrected chi connectivity index (χ2v) is 8.41. The highest BCUT2D eigenvalue weighted by Crippen LogP contribution is 2.16. The number of nitrogens with zero attached hydrogens (tertiary/aromatic N) is 1. The fraction of sp³-hybridized carbons (Fsp3) is 0.300. The number of sulfone groups is 1. The Balaban J connectivity index is 1.93. The molecule has 0 aliphatic carbocycles. The van der Waals surface area contributed by atoms with E-state index in [1.807, 2.05) is 18.2 Å². The second kappa shape index (κ2) is 9.36. The van der Waals surface area contributed by atoms with Gasteiger partial charge in [-0.25, -0.2) is 8.42 Å². The Bertz CT molecular complexity index is 967. The summed E-state index contributed by atoms with van der Waals surface area (Å²) < 4.78 is 23.4.